The molecule has 2 rings (SSSR count). The zero-order chi connectivity index (χ0) is 13.7. The van der Waals surface area contributed by atoms with Gasteiger partial charge in [0.25, 0.3) is 0 Å². The van der Waals surface area contributed by atoms with Gasteiger partial charge in [0.2, 0.25) is 0 Å². The van der Waals surface area contributed by atoms with Crippen molar-refractivity contribution in [2.45, 2.75) is 6.54 Å². The molecule has 98 valence electrons. The third-order valence-corrected chi connectivity index (χ3v) is 2.61. The Labute approximate surface area is 109 Å². The van der Waals surface area contributed by atoms with Crippen molar-refractivity contribution in [3.63, 3.8) is 0 Å². The van der Waals surface area contributed by atoms with Crippen LogP contribution in [0.4, 0.5) is 8.78 Å². The van der Waals surface area contributed by atoms with E-state index in [1.165, 1.54) is 6.07 Å². The molecule has 0 fully saturated rings. The number of hydrogen-bond donors (Lipinski definition) is 1. The topological polar surface area (TPSA) is 42.0 Å². The quantitative estimate of drug-likeness (QED) is 0.841. The van der Waals surface area contributed by atoms with Gasteiger partial charge in [-0.05, 0) is 35.9 Å². The summed E-state index contributed by atoms with van der Waals surface area (Å²) in [5, 5.41) is 2.94. The van der Waals surface area contributed by atoms with Gasteiger partial charge in [0.1, 0.15) is 0 Å². The molecule has 1 aromatic heterocycles. The number of hydrogen-bond acceptors (Lipinski definition) is 3. The van der Waals surface area contributed by atoms with E-state index in [2.05, 4.69) is 10.3 Å². The lowest BCUT2D eigenvalue weighted by Gasteiger charge is -2.04. The van der Waals surface area contributed by atoms with Crippen molar-refractivity contribution < 1.29 is 13.6 Å². The Bertz CT molecular complexity index is 573. The van der Waals surface area contributed by atoms with Crippen molar-refractivity contribution >= 4 is 5.78 Å². The molecule has 19 heavy (non-hydrogen) atoms. The number of nitrogens with one attached hydrogen (secondary N) is 1. The zero-order valence-electron chi connectivity index (χ0n) is 10.1. The number of Topliss-reactive ketones (excluding diaryl/α,β-unsaturated/α-hetero) is 1. The van der Waals surface area contributed by atoms with Gasteiger partial charge in [-0.15, -0.1) is 0 Å². The van der Waals surface area contributed by atoms with E-state index in [1.54, 1.807) is 12.4 Å². The minimum Gasteiger partial charge on any atom is -0.306 e. The number of halogens is 2. The first-order valence-corrected chi connectivity index (χ1v) is 5.74. The molecular weight excluding hydrogens is 250 g/mol. The highest BCUT2D eigenvalue weighted by Gasteiger charge is 2.09. The summed E-state index contributed by atoms with van der Waals surface area (Å²) in [5.41, 5.74) is 1.15. The van der Waals surface area contributed by atoms with Crippen LogP contribution >= 0.6 is 0 Å². The van der Waals surface area contributed by atoms with E-state index in [0.717, 1.165) is 17.7 Å². The second-order valence-corrected chi connectivity index (χ2v) is 4.01. The maximum atomic E-state index is 13.0. The maximum Gasteiger partial charge on any atom is 0.176 e. The van der Waals surface area contributed by atoms with E-state index in [0.29, 0.717) is 6.54 Å². The van der Waals surface area contributed by atoms with E-state index in [4.69, 9.17) is 0 Å². The molecular formula is C14H12F2N2O. The number of carbonyl (C=O) groups excluding carboxylic acids is 1. The predicted molar refractivity (Wildman–Crippen MR) is 66.6 cm³/mol. The molecule has 1 N–H and O–H groups in total. The summed E-state index contributed by atoms with van der Waals surface area (Å²) in [6.45, 7) is 0.575. The van der Waals surface area contributed by atoms with Crippen LogP contribution in [-0.2, 0) is 6.54 Å². The summed E-state index contributed by atoms with van der Waals surface area (Å²) in [6.07, 6.45) is 3.32. The van der Waals surface area contributed by atoms with Gasteiger partial charge in [-0.1, -0.05) is 0 Å². The van der Waals surface area contributed by atoms with Gasteiger partial charge in [-0.3, -0.25) is 9.78 Å². The van der Waals surface area contributed by atoms with E-state index in [1.807, 2.05) is 12.1 Å². The molecule has 0 aliphatic rings. The van der Waals surface area contributed by atoms with E-state index in [9.17, 15) is 13.6 Å². The molecule has 0 aliphatic carbocycles. The highest BCUT2D eigenvalue weighted by molar-refractivity contribution is 5.97. The molecule has 3 nitrogen and oxygen atoms in total. The van der Waals surface area contributed by atoms with Gasteiger partial charge in [0, 0.05) is 24.5 Å². The molecule has 2 aromatic rings. The summed E-state index contributed by atoms with van der Waals surface area (Å²) in [6, 6.07) is 6.79. The average molecular weight is 262 g/mol. The van der Waals surface area contributed by atoms with Gasteiger partial charge < -0.3 is 5.32 Å². The van der Waals surface area contributed by atoms with Crippen molar-refractivity contribution in [3.8, 4) is 0 Å². The van der Waals surface area contributed by atoms with Gasteiger partial charge in [0.05, 0.1) is 6.54 Å². The summed E-state index contributed by atoms with van der Waals surface area (Å²) < 4.78 is 25.7. The number of pyridine rings is 1. The Morgan fingerprint density at radius 3 is 2.53 bits per heavy atom. The van der Waals surface area contributed by atoms with Gasteiger partial charge in [0.15, 0.2) is 17.4 Å². The van der Waals surface area contributed by atoms with Crippen molar-refractivity contribution in [1.29, 1.82) is 0 Å². The van der Waals surface area contributed by atoms with Gasteiger partial charge in [-0.2, -0.15) is 0 Å². The molecule has 0 bridgehead atoms. The minimum absolute atomic E-state index is 0.0629. The van der Waals surface area contributed by atoms with Crippen LogP contribution in [0, 0.1) is 11.6 Å². The largest absolute Gasteiger partial charge is 0.306 e. The first kappa shape index (κ1) is 13.3. The molecule has 0 aliphatic heterocycles. The molecule has 0 spiro atoms. The Morgan fingerprint density at radius 1 is 1.11 bits per heavy atom. The number of nitrogens with zero attached hydrogens (tertiary/aromatic N) is 1. The third kappa shape index (κ3) is 3.66. The molecule has 0 saturated heterocycles. The number of carbonyl (C=O) groups is 1. The Balaban J connectivity index is 1.89. The van der Waals surface area contributed by atoms with E-state index in [-0.39, 0.29) is 17.9 Å². The maximum absolute atomic E-state index is 13.0. The molecule has 1 aromatic carbocycles. The third-order valence-electron chi connectivity index (χ3n) is 2.61. The molecule has 0 radical (unpaired) electrons. The fraction of sp³-hybridized carbons (Fsp3) is 0.143. The van der Waals surface area contributed by atoms with Crippen LogP contribution in [0.25, 0.3) is 0 Å². The second kappa shape index (κ2) is 6.15. The van der Waals surface area contributed by atoms with Gasteiger partial charge in [-0.25, -0.2) is 8.78 Å². The number of rotatable bonds is 5. The molecule has 0 saturated carbocycles. The van der Waals surface area contributed by atoms with Crippen LogP contribution in [0.1, 0.15) is 15.9 Å². The minimum atomic E-state index is -1.01. The molecule has 0 unspecified atom stereocenters. The lowest BCUT2D eigenvalue weighted by atomic mass is 10.1. The Kier molecular flexibility index (Phi) is 4.30. The highest BCUT2D eigenvalue weighted by Crippen LogP contribution is 2.09. The van der Waals surface area contributed by atoms with Crippen LogP contribution in [0.3, 0.4) is 0 Å². The number of aromatic nitrogens is 1. The summed E-state index contributed by atoms with van der Waals surface area (Å²) >= 11 is 0. The molecule has 0 atom stereocenters. The van der Waals surface area contributed by atoms with Gasteiger partial charge >= 0.3 is 0 Å². The van der Waals surface area contributed by atoms with Crippen LogP contribution in [0.5, 0.6) is 0 Å². The fourth-order valence-electron chi connectivity index (χ4n) is 1.59. The lowest BCUT2D eigenvalue weighted by Crippen LogP contribution is -2.22. The molecule has 5 heteroatoms. The molecule has 0 amide bonds. The number of benzene rings is 1. The summed E-state index contributed by atoms with van der Waals surface area (Å²) in [4.78, 5) is 15.6. The Hall–Kier alpha value is -2.14. The van der Waals surface area contributed by atoms with Crippen LogP contribution in [0.2, 0.25) is 0 Å². The fourth-order valence-corrected chi connectivity index (χ4v) is 1.59. The summed E-state index contributed by atoms with van der Waals surface area (Å²) in [7, 11) is 0. The van der Waals surface area contributed by atoms with Crippen LogP contribution < -0.4 is 5.32 Å². The van der Waals surface area contributed by atoms with Crippen molar-refractivity contribution in [2.24, 2.45) is 0 Å². The smallest absolute Gasteiger partial charge is 0.176 e. The highest BCUT2D eigenvalue weighted by atomic mass is 19.2. The second-order valence-electron chi connectivity index (χ2n) is 4.01. The Morgan fingerprint density at radius 2 is 1.84 bits per heavy atom. The average Bonchev–Trinajstić information content (AvgIpc) is 2.43. The van der Waals surface area contributed by atoms with Crippen LogP contribution in [-0.4, -0.2) is 17.3 Å². The lowest BCUT2D eigenvalue weighted by molar-refractivity contribution is 0.0990. The van der Waals surface area contributed by atoms with Crippen molar-refractivity contribution in [2.75, 3.05) is 6.54 Å². The first-order valence-electron chi connectivity index (χ1n) is 5.74. The van der Waals surface area contributed by atoms with E-state index >= 15 is 0 Å². The standard InChI is InChI=1S/C14H12F2N2O/c15-12-2-1-11(7-13(12)16)14(19)9-18-8-10-3-5-17-6-4-10/h1-7,18H,8-9H2. The normalized spacial score (nSPS) is 10.4. The SMILES string of the molecule is O=C(CNCc1ccncc1)c1ccc(F)c(F)c1. The zero-order valence-corrected chi connectivity index (χ0v) is 10.1. The predicted octanol–water partition coefficient (Wildman–Crippen LogP) is 2.33. The van der Waals surface area contributed by atoms with E-state index < -0.39 is 11.6 Å². The van der Waals surface area contributed by atoms with Crippen molar-refractivity contribution in [1.82, 2.24) is 10.3 Å². The first-order chi connectivity index (χ1) is 9.16. The number of ketones is 1. The van der Waals surface area contributed by atoms with Crippen molar-refractivity contribution in [3.05, 3.63) is 65.5 Å². The molecule has 1 heterocycles. The monoisotopic (exact) mass is 262 g/mol. The summed E-state index contributed by atoms with van der Waals surface area (Å²) in [5.74, 6) is -2.26. The van der Waals surface area contributed by atoms with Crippen LogP contribution in [0.15, 0.2) is 42.7 Å².